The second-order valence-corrected chi connectivity index (χ2v) is 3.98. The number of pyridine rings is 1. The third-order valence-electron chi connectivity index (χ3n) is 2.37. The zero-order chi connectivity index (χ0) is 9.54. The van der Waals surface area contributed by atoms with E-state index in [0.717, 1.165) is 10.9 Å². The molecule has 3 rings (SSSR count). The number of rotatable bonds is 0. The highest BCUT2D eigenvalue weighted by Gasteiger charge is 2.01. The summed E-state index contributed by atoms with van der Waals surface area (Å²) in [4.78, 5) is 11.5. The van der Waals surface area contributed by atoms with Crippen LogP contribution in [0.1, 0.15) is 0 Å². The van der Waals surface area contributed by atoms with Gasteiger partial charge in [-0.2, -0.15) is 0 Å². The van der Waals surface area contributed by atoms with Gasteiger partial charge in [0, 0.05) is 17.0 Å². The van der Waals surface area contributed by atoms with Gasteiger partial charge in [0.2, 0.25) is 0 Å². The Bertz CT molecular complexity index is 665. The van der Waals surface area contributed by atoms with Crippen LogP contribution in [0.25, 0.3) is 16.3 Å². The molecule has 2 heterocycles. The van der Waals surface area contributed by atoms with Crippen molar-refractivity contribution in [2.75, 3.05) is 0 Å². The van der Waals surface area contributed by atoms with Crippen LogP contribution in [0.4, 0.5) is 0 Å². The fourth-order valence-corrected chi connectivity index (χ4v) is 2.41. The molecule has 0 unspecified atom stereocenters. The molecule has 0 fully saturated rings. The number of hydrogen-bond donors (Lipinski definition) is 0. The molecule has 14 heavy (non-hydrogen) atoms. The van der Waals surface area contributed by atoms with Crippen LogP contribution in [0.15, 0.2) is 46.7 Å². The number of aromatic nitrogens is 1. The maximum atomic E-state index is 11.4. The van der Waals surface area contributed by atoms with Gasteiger partial charge in [0.1, 0.15) is 0 Å². The Balaban J connectivity index is 2.68. The third kappa shape index (κ3) is 0.930. The number of hydrogen-bond acceptors (Lipinski definition) is 2. The molecule has 0 saturated heterocycles. The lowest BCUT2D eigenvalue weighted by Crippen LogP contribution is -2.02. The molecule has 0 amide bonds. The standard InChI is InChI=1S/C11H7NOS/c13-11-12-6-5-8-3-1-2-4-9(8)10(12)7-14-11/h1-7H. The van der Waals surface area contributed by atoms with Gasteiger partial charge >= 0.3 is 4.87 Å². The maximum absolute atomic E-state index is 11.4. The van der Waals surface area contributed by atoms with Crippen molar-refractivity contribution in [3.05, 3.63) is 51.6 Å². The van der Waals surface area contributed by atoms with E-state index in [1.54, 1.807) is 4.40 Å². The number of nitrogens with zero attached hydrogens (tertiary/aromatic N) is 1. The van der Waals surface area contributed by atoms with E-state index in [-0.39, 0.29) is 4.87 Å². The predicted molar refractivity (Wildman–Crippen MR) is 59.1 cm³/mol. The first-order chi connectivity index (χ1) is 6.86. The highest BCUT2D eigenvalue weighted by molar-refractivity contribution is 7.07. The summed E-state index contributed by atoms with van der Waals surface area (Å²) < 4.78 is 1.69. The van der Waals surface area contributed by atoms with Gasteiger partial charge in [-0.05, 0) is 11.5 Å². The van der Waals surface area contributed by atoms with Gasteiger partial charge in [0.05, 0.1) is 5.52 Å². The van der Waals surface area contributed by atoms with Crippen molar-refractivity contribution in [1.82, 2.24) is 4.40 Å². The molecule has 2 nitrogen and oxygen atoms in total. The van der Waals surface area contributed by atoms with Crippen molar-refractivity contribution in [2.24, 2.45) is 0 Å². The topological polar surface area (TPSA) is 21.5 Å². The van der Waals surface area contributed by atoms with Crippen LogP contribution >= 0.6 is 11.3 Å². The molecule has 0 spiro atoms. The molecule has 0 N–H and O–H groups in total. The number of fused-ring (bicyclic) bond motifs is 3. The van der Waals surface area contributed by atoms with Crippen molar-refractivity contribution in [3.63, 3.8) is 0 Å². The molecule has 1 aromatic carbocycles. The summed E-state index contributed by atoms with van der Waals surface area (Å²) >= 11 is 1.24. The zero-order valence-electron chi connectivity index (χ0n) is 7.31. The molecule has 3 aromatic rings. The average molecular weight is 201 g/mol. The van der Waals surface area contributed by atoms with E-state index in [0.29, 0.717) is 0 Å². The van der Waals surface area contributed by atoms with Gasteiger partial charge in [-0.1, -0.05) is 35.6 Å². The molecule has 0 aliphatic rings. The summed E-state index contributed by atoms with van der Waals surface area (Å²) in [6, 6.07) is 10.1. The minimum Gasteiger partial charge on any atom is -0.274 e. The molecule has 0 aliphatic heterocycles. The molecule has 68 valence electrons. The van der Waals surface area contributed by atoms with Gasteiger partial charge in [0.25, 0.3) is 0 Å². The Hall–Kier alpha value is -1.61. The maximum Gasteiger partial charge on any atom is 0.311 e. The highest BCUT2D eigenvalue weighted by Crippen LogP contribution is 2.19. The van der Waals surface area contributed by atoms with Crippen LogP contribution in [0.5, 0.6) is 0 Å². The van der Waals surface area contributed by atoms with E-state index < -0.39 is 0 Å². The number of thiazole rings is 1. The van der Waals surface area contributed by atoms with Gasteiger partial charge in [-0.3, -0.25) is 9.20 Å². The average Bonchev–Trinajstić information content (AvgIpc) is 2.61. The van der Waals surface area contributed by atoms with E-state index in [1.807, 2.05) is 35.8 Å². The third-order valence-corrected chi connectivity index (χ3v) is 3.11. The fourth-order valence-electron chi connectivity index (χ4n) is 1.68. The summed E-state index contributed by atoms with van der Waals surface area (Å²) in [6.45, 7) is 0. The van der Waals surface area contributed by atoms with Crippen molar-refractivity contribution in [1.29, 1.82) is 0 Å². The SMILES string of the molecule is O=c1scc2c3ccccc3ccn12. The summed E-state index contributed by atoms with van der Waals surface area (Å²) in [5.41, 5.74) is 0.998. The molecule has 3 heteroatoms. The van der Waals surface area contributed by atoms with E-state index in [4.69, 9.17) is 0 Å². The normalized spacial score (nSPS) is 11.1. The number of benzene rings is 1. The van der Waals surface area contributed by atoms with Crippen LogP contribution in [0, 0.1) is 0 Å². The Morgan fingerprint density at radius 2 is 2.00 bits per heavy atom. The van der Waals surface area contributed by atoms with Crippen molar-refractivity contribution in [2.45, 2.75) is 0 Å². The Labute approximate surface area is 84.0 Å². The van der Waals surface area contributed by atoms with E-state index >= 15 is 0 Å². The summed E-state index contributed by atoms with van der Waals surface area (Å²) in [7, 11) is 0. The minimum atomic E-state index is 0.0748. The Kier molecular flexibility index (Phi) is 1.49. The minimum absolute atomic E-state index is 0.0748. The smallest absolute Gasteiger partial charge is 0.274 e. The second-order valence-electron chi connectivity index (χ2n) is 3.16. The summed E-state index contributed by atoms with van der Waals surface area (Å²) in [5.74, 6) is 0. The Morgan fingerprint density at radius 3 is 2.93 bits per heavy atom. The summed E-state index contributed by atoms with van der Waals surface area (Å²) in [5, 5.41) is 4.21. The first-order valence-corrected chi connectivity index (χ1v) is 5.22. The van der Waals surface area contributed by atoms with Gasteiger partial charge < -0.3 is 0 Å². The first kappa shape index (κ1) is 7.76. The van der Waals surface area contributed by atoms with Gasteiger partial charge in [0.15, 0.2) is 0 Å². The van der Waals surface area contributed by atoms with Crippen LogP contribution in [-0.4, -0.2) is 4.40 Å². The molecule has 0 bridgehead atoms. The van der Waals surface area contributed by atoms with Crippen molar-refractivity contribution in [3.8, 4) is 0 Å². The fraction of sp³-hybridized carbons (Fsp3) is 0. The molecule has 0 aliphatic carbocycles. The van der Waals surface area contributed by atoms with Gasteiger partial charge in [-0.15, -0.1) is 0 Å². The monoisotopic (exact) mass is 201 g/mol. The largest absolute Gasteiger partial charge is 0.311 e. The van der Waals surface area contributed by atoms with Gasteiger partial charge in [-0.25, -0.2) is 0 Å². The lowest BCUT2D eigenvalue weighted by Gasteiger charge is -1.98. The molecular weight excluding hydrogens is 194 g/mol. The van der Waals surface area contributed by atoms with E-state index in [2.05, 4.69) is 6.07 Å². The molecule has 0 atom stereocenters. The Morgan fingerprint density at radius 1 is 1.14 bits per heavy atom. The first-order valence-electron chi connectivity index (χ1n) is 4.34. The lowest BCUT2D eigenvalue weighted by molar-refractivity contribution is 1.17. The molecule has 0 radical (unpaired) electrons. The van der Waals surface area contributed by atoms with Crippen LogP contribution in [-0.2, 0) is 0 Å². The lowest BCUT2D eigenvalue weighted by atomic mass is 10.1. The van der Waals surface area contributed by atoms with Crippen LogP contribution in [0.3, 0.4) is 0 Å². The molecule has 0 saturated carbocycles. The summed E-state index contributed by atoms with van der Waals surface area (Å²) in [6.07, 6.45) is 1.83. The van der Waals surface area contributed by atoms with Crippen LogP contribution in [0.2, 0.25) is 0 Å². The van der Waals surface area contributed by atoms with Crippen molar-refractivity contribution >= 4 is 27.6 Å². The van der Waals surface area contributed by atoms with E-state index in [9.17, 15) is 4.79 Å². The van der Waals surface area contributed by atoms with Crippen molar-refractivity contribution < 1.29 is 0 Å². The van der Waals surface area contributed by atoms with E-state index in [1.165, 1.54) is 16.7 Å². The molecular formula is C11H7NOS. The quantitative estimate of drug-likeness (QED) is 0.547. The predicted octanol–water partition coefficient (Wildman–Crippen LogP) is 2.51. The molecule has 2 aromatic heterocycles. The zero-order valence-corrected chi connectivity index (χ0v) is 8.12. The van der Waals surface area contributed by atoms with Crippen LogP contribution < -0.4 is 4.87 Å². The second kappa shape index (κ2) is 2.69. The highest BCUT2D eigenvalue weighted by atomic mass is 32.1.